The predicted molar refractivity (Wildman–Crippen MR) is 66.8 cm³/mol. The van der Waals surface area contributed by atoms with Crippen molar-refractivity contribution in [3.63, 3.8) is 0 Å². The van der Waals surface area contributed by atoms with Crippen molar-refractivity contribution in [1.29, 1.82) is 0 Å². The monoisotopic (exact) mass is 322 g/mol. The number of hydrogen-bond acceptors (Lipinski definition) is 0. The van der Waals surface area contributed by atoms with E-state index < -0.39 is 0 Å². The molecule has 0 N–H and O–H groups in total. The van der Waals surface area contributed by atoms with Crippen molar-refractivity contribution in [2.24, 2.45) is 10.8 Å². The Bertz CT molecular complexity index is 203. The first-order valence-electron chi connectivity index (χ1n) is 5.00. The van der Waals surface area contributed by atoms with Gasteiger partial charge in [0.15, 0.2) is 0 Å². The molecular weight excluding hydrogens is 301 g/mol. The Morgan fingerprint density at radius 3 is 1.15 bits per heavy atom. The second kappa shape index (κ2) is 2.66. The van der Waals surface area contributed by atoms with Crippen molar-refractivity contribution in [3.8, 4) is 0 Å². The second-order valence-corrected chi connectivity index (χ2v) is 21.6. The third kappa shape index (κ3) is 1.31. The predicted octanol–water partition coefficient (Wildman–Crippen LogP) is 3.47. The first-order chi connectivity index (χ1) is 5.62. The zero-order valence-electron chi connectivity index (χ0n) is 9.50. The number of hydrogen-bond donors (Lipinski definition) is 0. The molecule has 0 unspecified atom stereocenters. The van der Waals surface area contributed by atoms with Crippen molar-refractivity contribution in [2.45, 2.75) is 47.4 Å². The Morgan fingerprint density at radius 2 is 1.00 bits per heavy atom. The van der Waals surface area contributed by atoms with Gasteiger partial charge in [0.1, 0.15) is 0 Å². The summed E-state index contributed by atoms with van der Waals surface area (Å²) in [7, 11) is 2.65. The van der Waals surface area contributed by atoms with E-state index in [1.165, 1.54) is 17.2 Å². The molecule has 3 aliphatic heterocycles. The maximum absolute atomic E-state index is 2.47. The third-order valence-electron chi connectivity index (χ3n) is 3.38. The fraction of sp³-hybridized carbons (Fsp3) is 1.00. The Labute approximate surface area is 96.2 Å². The normalized spacial score (nSPS) is 47.5. The van der Waals surface area contributed by atoms with Crippen LogP contribution in [0.1, 0.15) is 41.5 Å². The first-order valence-corrected chi connectivity index (χ1v) is 9.85. The van der Waals surface area contributed by atoms with Crippen molar-refractivity contribution in [3.05, 3.63) is 0 Å². The van der Waals surface area contributed by atoms with Gasteiger partial charge in [-0.25, -0.2) is 0 Å². The van der Waals surface area contributed by atoms with Crippen LogP contribution in [-0.2, 0) is 0 Å². The van der Waals surface area contributed by atoms with E-state index in [4.69, 9.17) is 0 Å². The van der Waals surface area contributed by atoms with E-state index in [1.807, 2.05) is 0 Å². The van der Waals surface area contributed by atoms with Gasteiger partial charge in [-0.05, 0) is 0 Å². The molecule has 0 saturated carbocycles. The van der Waals surface area contributed by atoms with Crippen LogP contribution in [0.3, 0.4) is 0 Å². The van der Waals surface area contributed by atoms with Gasteiger partial charge in [-0.15, -0.1) is 0 Å². The summed E-state index contributed by atoms with van der Waals surface area (Å²) in [6.07, 6.45) is 0. The minimum absolute atomic E-state index is 0.0595. The molecule has 0 aliphatic carbocycles. The summed E-state index contributed by atoms with van der Waals surface area (Å²) in [4.78, 5) is 0. The SMILES string of the molecule is CC(C)(C)[C]12P[C](C(C)(C)C)(P1)[Sn]2. The van der Waals surface area contributed by atoms with E-state index in [1.54, 1.807) is 0 Å². The average Bonchev–Trinajstić information content (AvgIpc) is 1.41. The molecule has 0 aromatic heterocycles. The molecule has 0 spiro atoms. The van der Waals surface area contributed by atoms with Crippen LogP contribution in [0.25, 0.3) is 0 Å². The van der Waals surface area contributed by atoms with E-state index in [0.717, 1.165) is 5.83 Å². The van der Waals surface area contributed by atoms with Gasteiger partial charge in [-0.3, -0.25) is 0 Å². The summed E-state index contributed by atoms with van der Waals surface area (Å²) in [5.74, 6) is 0. The molecule has 0 nitrogen and oxygen atoms in total. The van der Waals surface area contributed by atoms with Gasteiger partial charge in [0.2, 0.25) is 0 Å². The molecule has 3 fully saturated rings. The van der Waals surface area contributed by atoms with Crippen LogP contribution in [0.15, 0.2) is 0 Å². The van der Waals surface area contributed by atoms with E-state index in [2.05, 4.69) is 41.5 Å². The van der Waals surface area contributed by atoms with Crippen molar-refractivity contribution >= 4 is 38.3 Å². The van der Waals surface area contributed by atoms with Gasteiger partial charge in [0, 0.05) is 0 Å². The Morgan fingerprint density at radius 1 is 0.769 bits per heavy atom. The maximum atomic E-state index is 2.47. The molecule has 3 heterocycles. The minimum atomic E-state index is -0.0595. The Balaban J connectivity index is 2.09. The van der Waals surface area contributed by atoms with Crippen LogP contribution < -0.4 is 0 Å². The van der Waals surface area contributed by atoms with Crippen LogP contribution in [-0.4, -0.2) is 27.0 Å². The van der Waals surface area contributed by atoms with Crippen molar-refractivity contribution < 1.29 is 0 Å². The van der Waals surface area contributed by atoms with Gasteiger partial charge < -0.3 is 0 Å². The standard InChI is InChI=1S/C10H20P2.Sn/c1-9(2,3)7-11-8(12-7)10(4,5)6;/h11-12H,1-6H3;. The molecule has 3 rings (SSSR count). The third-order valence-corrected chi connectivity index (χ3v) is 23.4. The molecule has 0 atom stereocenters. The van der Waals surface area contributed by atoms with Gasteiger partial charge in [0.25, 0.3) is 0 Å². The summed E-state index contributed by atoms with van der Waals surface area (Å²) in [6.45, 7) is 14.8. The molecule has 3 heteroatoms. The van der Waals surface area contributed by atoms with Crippen LogP contribution in [0.4, 0.5) is 0 Å². The summed E-state index contributed by atoms with van der Waals surface area (Å²) in [6, 6.07) is 0. The molecule has 0 aromatic rings. The van der Waals surface area contributed by atoms with E-state index >= 15 is 0 Å². The molecule has 3 saturated heterocycles. The van der Waals surface area contributed by atoms with E-state index in [9.17, 15) is 0 Å². The fourth-order valence-corrected chi connectivity index (χ4v) is 25.7. The summed E-state index contributed by atoms with van der Waals surface area (Å²) >= 11 is -0.0595. The van der Waals surface area contributed by atoms with Crippen molar-refractivity contribution in [1.82, 2.24) is 0 Å². The first kappa shape index (κ1) is 11.2. The van der Waals surface area contributed by atoms with Gasteiger partial charge in [0.05, 0.1) is 0 Å². The molecule has 3 aliphatic rings. The molecule has 0 aromatic carbocycles. The molecule has 0 amide bonds. The molecule has 2 bridgehead atoms. The topological polar surface area (TPSA) is 0 Å². The summed E-state index contributed by atoms with van der Waals surface area (Å²) in [5.41, 5.74) is 1.28. The van der Waals surface area contributed by atoms with E-state index in [0.29, 0.717) is 10.8 Å². The van der Waals surface area contributed by atoms with Gasteiger partial charge >= 0.3 is 96.5 Å². The van der Waals surface area contributed by atoms with Gasteiger partial charge in [-0.1, -0.05) is 0 Å². The fourth-order valence-electron chi connectivity index (χ4n) is 1.97. The van der Waals surface area contributed by atoms with Crippen LogP contribution in [0, 0.1) is 10.8 Å². The average molecular weight is 321 g/mol. The second-order valence-electron chi connectivity index (χ2n) is 6.38. The van der Waals surface area contributed by atoms with Crippen LogP contribution in [0.2, 0.25) is 0 Å². The van der Waals surface area contributed by atoms with E-state index in [-0.39, 0.29) is 21.1 Å². The summed E-state index contributed by atoms with van der Waals surface area (Å²) in [5, 5.41) is 0. The Hall–Kier alpha value is 1.66. The summed E-state index contributed by atoms with van der Waals surface area (Å²) < 4.78 is 1.90. The van der Waals surface area contributed by atoms with Gasteiger partial charge in [-0.2, -0.15) is 0 Å². The van der Waals surface area contributed by atoms with Crippen LogP contribution >= 0.6 is 17.2 Å². The molecule has 13 heavy (non-hydrogen) atoms. The quantitative estimate of drug-likeness (QED) is 0.473. The molecule has 74 valence electrons. The Kier molecular flexibility index (Phi) is 2.29. The number of rotatable bonds is 0. The van der Waals surface area contributed by atoms with Crippen molar-refractivity contribution in [2.75, 3.05) is 0 Å². The van der Waals surface area contributed by atoms with Crippen LogP contribution in [0.5, 0.6) is 0 Å². The zero-order valence-corrected chi connectivity index (χ0v) is 14.4. The zero-order chi connectivity index (χ0) is 10.1. The molecule has 2 radical (unpaired) electrons. The molecular formula is C10H20P2Sn.